The highest BCUT2D eigenvalue weighted by Crippen LogP contribution is 2.49. The fourth-order valence-electron chi connectivity index (χ4n) is 3.83. The van der Waals surface area contributed by atoms with Crippen molar-refractivity contribution in [3.8, 4) is 11.1 Å². The minimum atomic E-state index is 0.112. The Morgan fingerprint density at radius 1 is 1.33 bits per heavy atom. The van der Waals surface area contributed by atoms with Crippen LogP contribution in [0.3, 0.4) is 0 Å². The van der Waals surface area contributed by atoms with E-state index < -0.39 is 0 Å². The summed E-state index contributed by atoms with van der Waals surface area (Å²) in [5, 5.41) is 4.37. The Morgan fingerprint density at radius 3 is 2.71 bits per heavy atom. The molecule has 0 spiro atoms. The van der Waals surface area contributed by atoms with Crippen LogP contribution in [0.5, 0.6) is 0 Å². The summed E-state index contributed by atoms with van der Waals surface area (Å²) >= 11 is 0. The Balaban J connectivity index is 2.10. The van der Waals surface area contributed by atoms with E-state index in [0.717, 1.165) is 23.2 Å². The van der Waals surface area contributed by atoms with Crippen LogP contribution in [0.1, 0.15) is 51.6 Å². The fourth-order valence-corrected chi connectivity index (χ4v) is 3.83. The van der Waals surface area contributed by atoms with Crippen LogP contribution in [0.25, 0.3) is 11.1 Å². The van der Waals surface area contributed by atoms with Gasteiger partial charge in [0, 0.05) is 23.4 Å². The van der Waals surface area contributed by atoms with E-state index in [2.05, 4.69) is 24.0 Å². The molecule has 0 saturated heterocycles. The van der Waals surface area contributed by atoms with Crippen LogP contribution in [0.15, 0.2) is 29.0 Å². The van der Waals surface area contributed by atoms with Gasteiger partial charge in [-0.3, -0.25) is 4.98 Å². The van der Waals surface area contributed by atoms with Gasteiger partial charge < -0.3 is 10.3 Å². The number of rotatable bonds is 4. The summed E-state index contributed by atoms with van der Waals surface area (Å²) < 4.78 is 5.37. The number of nitrogens with zero attached hydrogens (tertiary/aromatic N) is 2. The summed E-state index contributed by atoms with van der Waals surface area (Å²) in [5.41, 5.74) is 9.18. The van der Waals surface area contributed by atoms with E-state index in [9.17, 15) is 0 Å². The Hall–Kier alpha value is -1.84. The molecule has 3 rings (SSSR count). The van der Waals surface area contributed by atoms with E-state index >= 15 is 0 Å². The fraction of sp³-hybridized carbons (Fsp3) is 0.529. The van der Waals surface area contributed by atoms with E-state index in [-0.39, 0.29) is 5.41 Å². The number of anilines is 1. The van der Waals surface area contributed by atoms with Crippen molar-refractivity contribution < 1.29 is 4.52 Å². The largest absolute Gasteiger partial charge is 0.367 e. The monoisotopic (exact) mass is 285 g/mol. The van der Waals surface area contributed by atoms with Crippen molar-refractivity contribution in [3.05, 3.63) is 30.2 Å². The van der Waals surface area contributed by atoms with Crippen molar-refractivity contribution in [2.45, 2.75) is 51.4 Å². The van der Waals surface area contributed by atoms with Gasteiger partial charge in [-0.05, 0) is 31.2 Å². The minimum Gasteiger partial charge on any atom is -0.367 e. The first-order valence-corrected chi connectivity index (χ1v) is 7.78. The number of nitrogens with two attached hydrogens (primary N) is 1. The number of nitrogen functional groups attached to an aromatic ring is 1. The topological polar surface area (TPSA) is 64.9 Å². The summed E-state index contributed by atoms with van der Waals surface area (Å²) in [7, 11) is 0. The molecule has 0 unspecified atom stereocenters. The maximum atomic E-state index is 6.07. The van der Waals surface area contributed by atoms with Gasteiger partial charge in [-0.1, -0.05) is 37.9 Å². The maximum absolute atomic E-state index is 6.07. The van der Waals surface area contributed by atoms with Crippen LogP contribution in [-0.2, 0) is 5.41 Å². The van der Waals surface area contributed by atoms with Crippen LogP contribution in [-0.4, -0.2) is 10.1 Å². The molecule has 2 aromatic rings. The first-order chi connectivity index (χ1) is 10.1. The first kappa shape index (κ1) is 14.1. The molecule has 0 atom stereocenters. The molecule has 4 heteroatoms. The van der Waals surface area contributed by atoms with Crippen LogP contribution >= 0.6 is 0 Å². The Labute approximate surface area is 125 Å². The van der Waals surface area contributed by atoms with Crippen LogP contribution in [0.4, 0.5) is 5.88 Å². The lowest BCUT2D eigenvalue weighted by Gasteiger charge is -2.29. The second-order valence-corrected chi connectivity index (χ2v) is 6.60. The van der Waals surface area contributed by atoms with Gasteiger partial charge in [-0.25, -0.2) is 0 Å². The molecular formula is C17H23N3O. The van der Waals surface area contributed by atoms with E-state index in [1.807, 2.05) is 18.3 Å². The van der Waals surface area contributed by atoms with E-state index in [4.69, 9.17) is 10.3 Å². The predicted octanol–water partition coefficient (Wildman–Crippen LogP) is 4.18. The quantitative estimate of drug-likeness (QED) is 0.915. The van der Waals surface area contributed by atoms with E-state index in [1.165, 1.54) is 25.7 Å². The summed E-state index contributed by atoms with van der Waals surface area (Å²) in [6.45, 7) is 4.54. The molecule has 0 aromatic carbocycles. The van der Waals surface area contributed by atoms with Gasteiger partial charge in [0.25, 0.3) is 0 Å². The number of aromatic nitrogens is 2. The van der Waals surface area contributed by atoms with Crippen molar-refractivity contribution in [2.24, 2.45) is 5.92 Å². The van der Waals surface area contributed by atoms with E-state index in [0.29, 0.717) is 11.8 Å². The summed E-state index contributed by atoms with van der Waals surface area (Å²) in [6, 6.07) is 3.95. The lowest BCUT2D eigenvalue weighted by molar-refractivity contribution is 0.316. The number of pyridine rings is 1. The zero-order valence-electron chi connectivity index (χ0n) is 12.8. The average molecular weight is 285 g/mol. The van der Waals surface area contributed by atoms with Crippen LogP contribution in [0, 0.1) is 5.92 Å². The normalized spacial score (nSPS) is 17.5. The van der Waals surface area contributed by atoms with Crippen molar-refractivity contribution in [1.82, 2.24) is 10.1 Å². The minimum absolute atomic E-state index is 0.112. The van der Waals surface area contributed by atoms with Crippen molar-refractivity contribution >= 4 is 5.88 Å². The molecule has 2 aromatic heterocycles. The van der Waals surface area contributed by atoms with Gasteiger partial charge in [0.15, 0.2) is 0 Å². The zero-order chi connectivity index (χ0) is 14.9. The van der Waals surface area contributed by atoms with Crippen LogP contribution < -0.4 is 5.73 Å². The molecule has 1 aliphatic rings. The average Bonchev–Trinajstić information content (AvgIpc) is 3.07. The van der Waals surface area contributed by atoms with Gasteiger partial charge in [0.1, 0.15) is 0 Å². The summed E-state index contributed by atoms with van der Waals surface area (Å²) in [4.78, 5) is 4.21. The van der Waals surface area contributed by atoms with Gasteiger partial charge >= 0.3 is 0 Å². The Kier molecular flexibility index (Phi) is 3.70. The van der Waals surface area contributed by atoms with E-state index in [1.54, 1.807) is 6.20 Å². The second kappa shape index (κ2) is 5.51. The molecule has 1 saturated carbocycles. The zero-order valence-corrected chi connectivity index (χ0v) is 12.8. The first-order valence-electron chi connectivity index (χ1n) is 7.78. The molecule has 21 heavy (non-hydrogen) atoms. The van der Waals surface area contributed by atoms with Gasteiger partial charge in [-0.2, -0.15) is 0 Å². The third kappa shape index (κ3) is 2.55. The van der Waals surface area contributed by atoms with Gasteiger partial charge in [0.2, 0.25) is 5.88 Å². The molecule has 0 aliphatic heterocycles. The molecule has 0 radical (unpaired) electrons. The van der Waals surface area contributed by atoms with Crippen molar-refractivity contribution in [2.75, 3.05) is 5.73 Å². The lowest BCUT2D eigenvalue weighted by atomic mass is 9.74. The van der Waals surface area contributed by atoms with Crippen molar-refractivity contribution in [3.63, 3.8) is 0 Å². The highest BCUT2D eigenvalue weighted by atomic mass is 16.5. The molecule has 0 bridgehead atoms. The highest BCUT2D eigenvalue weighted by molar-refractivity contribution is 5.75. The Morgan fingerprint density at radius 2 is 2.10 bits per heavy atom. The Bertz CT molecular complexity index is 598. The smallest absolute Gasteiger partial charge is 0.230 e. The van der Waals surface area contributed by atoms with Gasteiger partial charge in [-0.15, -0.1) is 0 Å². The van der Waals surface area contributed by atoms with Crippen LogP contribution in [0.2, 0.25) is 0 Å². The maximum Gasteiger partial charge on any atom is 0.230 e. The number of hydrogen-bond acceptors (Lipinski definition) is 4. The molecule has 0 amide bonds. The molecule has 112 valence electrons. The molecular weight excluding hydrogens is 262 g/mol. The molecule has 2 N–H and O–H groups in total. The SMILES string of the molecule is CC(C)CC1(c2noc(N)c2-c2cccnc2)CCCC1. The third-order valence-corrected chi connectivity index (χ3v) is 4.53. The number of hydrogen-bond donors (Lipinski definition) is 1. The molecule has 1 fully saturated rings. The van der Waals surface area contributed by atoms with Crippen molar-refractivity contribution in [1.29, 1.82) is 0 Å². The predicted molar refractivity (Wildman–Crippen MR) is 83.7 cm³/mol. The highest BCUT2D eigenvalue weighted by Gasteiger charge is 2.41. The summed E-state index contributed by atoms with van der Waals surface area (Å²) in [5.74, 6) is 1.04. The lowest BCUT2D eigenvalue weighted by Crippen LogP contribution is -2.25. The third-order valence-electron chi connectivity index (χ3n) is 4.53. The molecule has 4 nitrogen and oxygen atoms in total. The summed E-state index contributed by atoms with van der Waals surface area (Å²) in [6.07, 6.45) is 9.59. The van der Waals surface area contributed by atoms with Gasteiger partial charge in [0.05, 0.1) is 11.3 Å². The second-order valence-electron chi connectivity index (χ2n) is 6.60. The molecule has 1 aliphatic carbocycles. The standard InChI is InChI=1S/C17H23N3O/c1-12(2)10-17(7-3-4-8-17)15-14(16(18)21-20-15)13-6-5-9-19-11-13/h5-6,9,11-12H,3-4,7-8,10,18H2,1-2H3. The molecule has 2 heterocycles.